The first kappa shape index (κ1) is 23.5. The molecule has 2 aromatic heterocycles. The summed E-state index contributed by atoms with van der Waals surface area (Å²) >= 11 is 4.72. The number of nitriles is 1. The molecule has 2 heterocycles. The Labute approximate surface area is 207 Å². The molecule has 34 heavy (non-hydrogen) atoms. The minimum Gasteiger partial charge on any atom is -0.497 e. The van der Waals surface area contributed by atoms with Crippen molar-refractivity contribution in [3.05, 3.63) is 86.4 Å². The van der Waals surface area contributed by atoms with Crippen LogP contribution in [0.15, 0.2) is 64.0 Å². The van der Waals surface area contributed by atoms with Crippen LogP contribution in [0.25, 0.3) is 15.6 Å². The van der Waals surface area contributed by atoms with Gasteiger partial charge in [-0.25, -0.2) is 4.98 Å². The fourth-order valence-electron chi connectivity index (χ4n) is 3.82. The molecule has 0 fully saturated rings. The second-order valence-electron chi connectivity index (χ2n) is 7.56. The topological polar surface area (TPSA) is 127 Å². The van der Waals surface area contributed by atoms with Crippen molar-refractivity contribution in [2.45, 2.75) is 12.8 Å². The number of H-pyrrole nitrogens is 1. The van der Waals surface area contributed by atoms with E-state index >= 15 is 0 Å². The molecule has 8 nitrogen and oxygen atoms in total. The average molecular weight is 538 g/mol. The third-order valence-electron chi connectivity index (χ3n) is 5.50. The molecule has 0 aliphatic rings. The highest BCUT2D eigenvalue weighted by atomic mass is 79.9. The Balaban J connectivity index is 1.80. The number of ether oxygens (including phenoxy) is 1. The standard InChI is InChI=1S/C24H20BrN5O3S/c1-13-20(21(18(11-26)22(27)31)15-3-7-16(25)8-4-15)23(32)30(29-13)24-28-12-19(34-24)14-5-9-17(33-2)10-6-14/h3-10,12,18,21,29H,1-2H3,(H2,27,31)/t18-,21-/m1/s1. The summed E-state index contributed by atoms with van der Waals surface area (Å²) < 4.78 is 7.37. The molecule has 0 aliphatic carbocycles. The zero-order valence-corrected chi connectivity index (χ0v) is 20.7. The number of methoxy groups -OCH3 is 1. The minimum atomic E-state index is -1.22. The Morgan fingerprint density at radius 3 is 2.50 bits per heavy atom. The van der Waals surface area contributed by atoms with E-state index < -0.39 is 17.7 Å². The molecule has 0 saturated carbocycles. The number of nitrogens with zero attached hydrogens (tertiary/aromatic N) is 3. The largest absolute Gasteiger partial charge is 0.497 e. The second-order valence-corrected chi connectivity index (χ2v) is 9.49. The van der Waals surface area contributed by atoms with Crippen molar-refractivity contribution >= 4 is 33.2 Å². The first-order valence-corrected chi connectivity index (χ1v) is 11.8. The highest BCUT2D eigenvalue weighted by Crippen LogP contribution is 2.34. The number of rotatable bonds is 7. The van der Waals surface area contributed by atoms with Gasteiger partial charge in [0.15, 0.2) is 0 Å². The summed E-state index contributed by atoms with van der Waals surface area (Å²) in [4.78, 5) is 31.0. The molecule has 0 aliphatic heterocycles. The normalized spacial score (nSPS) is 12.6. The number of aryl methyl sites for hydroxylation is 1. The molecule has 10 heteroatoms. The van der Waals surface area contributed by atoms with Gasteiger partial charge in [-0.05, 0) is 54.4 Å². The van der Waals surface area contributed by atoms with E-state index in [0.717, 1.165) is 20.7 Å². The van der Waals surface area contributed by atoms with E-state index in [0.29, 0.717) is 22.0 Å². The number of aromatic nitrogens is 3. The molecule has 3 N–H and O–H groups in total. The number of hydrogen-bond donors (Lipinski definition) is 2. The first-order chi connectivity index (χ1) is 16.3. The molecular weight excluding hydrogens is 518 g/mol. The smallest absolute Gasteiger partial charge is 0.277 e. The van der Waals surface area contributed by atoms with Gasteiger partial charge in [0.05, 0.1) is 18.1 Å². The molecule has 172 valence electrons. The van der Waals surface area contributed by atoms with E-state index in [1.165, 1.54) is 16.0 Å². The Hall–Kier alpha value is -3.68. The van der Waals surface area contributed by atoms with E-state index in [4.69, 9.17) is 10.5 Å². The lowest BCUT2D eigenvalue weighted by Crippen LogP contribution is -2.31. The predicted molar refractivity (Wildman–Crippen MR) is 133 cm³/mol. The van der Waals surface area contributed by atoms with E-state index in [9.17, 15) is 14.9 Å². The molecule has 0 bridgehead atoms. The molecule has 0 unspecified atom stereocenters. The van der Waals surface area contributed by atoms with Crippen LogP contribution in [0.5, 0.6) is 5.75 Å². The summed E-state index contributed by atoms with van der Waals surface area (Å²) in [7, 11) is 1.61. The van der Waals surface area contributed by atoms with Gasteiger partial charge in [-0.2, -0.15) is 9.94 Å². The van der Waals surface area contributed by atoms with Crippen LogP contribution in [-0.4, -0.2) is 27.8 Å². The van der Waals surface area contributed by atoms with Gasteiger partial charge in [0, 0.05) is 27.8 Å². The maximum Gasteiger partial charge on any atom is 0.277 e. The summed E-state index contributed by atoms with van der Waals surface area (Å²) in [5, 5.41) is 13.2. The summed E-state index contributed by atoms with van der Waals surface area (Å²) in [6.45, 7) is 1.73. The van der Waals surface area contributed by atoms with Crippen LogP contribution < -0.4 is 16.0 Å². The second kappa shape index (κ2) is 9.67. The van der Waals surface area contributed by atoms with Crippen molar-refractivity contribution in [3.63, 3.8) is 0 Å². The lowest BCUT2D eigenvalue weighted by Gasteiger charge is -2.19. The number of primary amides is 1. The van der Waals surface area contributed by atoms with Gasteiger partial charge >= 0.3 is 0 Å². The number of hydrogen-bond acceptors (Lipinski definition) is 6. The maximum atomic E-state index is 13.6. The Morgan fingerprint density at radius 2 is 1.91 bits per heavy atom. The lowest BCUT2D eigenvalue weighted by atomic mass is 9.81. The fourth-order valence-corrected chi connectivity index (χ4v) is 4.96. The van der Waals surface area contributed by atoms with Gasteiger partial charge < -0.3 is 10.5 Å². The first-order valence-electron chi connectivity index (χ1n) is 10.2. The Bertz CT molecular complexity index is 1430. The Kier molecular flexibility index (Phi) is 6.68. The lowest BCUT2D eigenvalue weighted by molar-refractivity contribution is -0.120. The number of halogens is 1. The maximum absolute atomic E-state index is 13.6. The number of amides is 1. The van der Waals surface area contributed by atoms with Crippen LogP contribution in [0.2, 0.25) is 0 Å². The van der Waals surface area contributed by atoms with E-state index in [2.05, 4.69) is 26.0 Å². The predicted octanol–water partition coefficient (Wildman–Crippen LogP) is 4.13. The van der Waals surface area contributed by atoms with Gasteiger partial charge in [0.25, 0.3) is 5.56 Å². The molecule has 1 amide bonds. The molecular formula is C24H20BrN5O3S. The third kappa shape index (κ3) is 4.40. The van der Waals surface area contributed by atoms with Crippen molar-refractivity contribution in [1.82, 2.24) is 14.8 Å². The molecule has 0 radical (unpaired) electrons. The minimum absolute atomic E-state index is 0.300. The van der Waals surface area contributed by atoms with Crippen LogP contribution in [0.3, 0.4) is 0 Å². The zero-order valence-electron chi connectivity index (χ0n) is 18.3. The number of nitrogens with two attached hydrogens (primary N) is 1. The third-order valence-corrected chi connectivity index (χ3v) is 7.06. The molecule has 2 aromatic carbocycles. The monoisotopic (exact) mass is 537 g/mol. The van der Waals surface area contributed by atoms with E-state index in [1.54, 1.807) is 44.5 Å². The highest BCUT2D eigenvalue weighted by molar-refractivity contribution is 9.10. The zero-order chi connectivity index (χ0) is 24.4. The number of carbonyl (C=O) groups is 1. The molecule has 4 aromatic rings. The van der Waals surface area contributed by atoms with Gasteiger partial charge in [-0.1, -0.05) is 39.4 Å². The van der Waals surface area contributed by atoms with Crippen molar-refractivity contribution in [2.24, 2.45) is 11.7 Å². The van der Waals surface area contributed by atoms with Crippen molar-refractivity contribution in [3.8, 4) is 27.4 Å². The summed E-state index contributed by atoms with van der Waals surface area (Å²) in [6.07, 6.45) is 1.69. The fraction of sp³-hybridized carbons (Fsp3) is 0.167. The van der Waals surface area contributed by atoms with Crippen LogP contribution >= 0.6 is 27.3 Å². The van der Waals surface area contributed by atoms with Crippen LogP contribution in [0, 0.1) is 24.2 Å². The van der Waals surface area contributed by atoms with Gasteiger partial charge in [0.1, 0.15) is 11.7 Å². The summed E-state index contributed by atoms with van der Waals surface area (Å²) in [5.41, 5.74) is 7.57. The van der Waals surface area contributed by atoms with Crippen molar-refractivity contribution < 1.29 is 9.53 Å². The SMILES string of the molecule is COc1ccc(-c2cnc(-n3[nH]c(C)c([C@H](c4ccc(Br)cc4)[C@@H](C#N)C(N)=O)c3=O)s2)cc1. The summed E-state index contributed by atoms with van der Waals surface area (Å²) in [6, 6.07) is 16.6. The molecule has 4 rings (SSSR count). The Morgan fingerprint density at radius 1 is 1.24 bits per heavy atom. The van der Waals surface area contributed by atoms with Crippen molar-refractivity contribution in [2.75, 3.05) is 7.11 Å². The number of nitrogens with one attached hydrogen (secondary N) is 1. The highest BCUT2D eigenvalue weighted by Gasteiger charge is 2.34. The summed E-state index contributed by atoms with van der Waals surface area (Å²) in [5.74, 6) is -2.10. The number of carbonyl (C=O) groups excluding carboxylic acids is 1. The number of benzene rings is 2. The number of thiazole rings is 1. The van der Waals surface area contributed by atoms with Gasteiger partial charge in [-0.15, -0.1) is 0 Å². The average Bonchev–Trinajstić information content (AvgIpc) is 3.43. The number of aromatic amines is 1. The molecule has 2 atom stereocenters. The van der Waals surface area contributed by atoms with E-state index in [1.807, 2.05) is 30.3 Å². The molecule has 0 spiro atoms. The van der Waals surface area contributed by atoms with Crippen LogP contribution in [0.4, 0.5) is 0 Å². The van der Waals surface area contributed by atoms with Crippen molar-refractivity contribution in [1.29, 1.82) is 5.26 Å². The van der Waals surface area contributed by atoms with Gasteiger partial charge in [0.2, 0.25) is 11.0 Å². The van der Waals surface area contributed by atoms with Crippen LogP contribution in [0.1, 0.15) is 22.7 Å². The van der Waals surface area contributed by atoms with Crippen LogP contribution in [-0.2, 0) is 4.79 Å². The molecule has 0 saturated heterocycles. The van der Waals surface area contributed by atoms with Gasteiger partial charge in [-0.3, -0.25) is 14.7 Å². The van der Waals surface area contributed by atoms with E-state index in [-0.39, 0.29) is 5.56 Å². The quantitative estimate of drug-likeness (QED) is 0.366.